The summed E-state index contributed by atoms with van der Waals surface area (Å²) < 4.78 is 0. The van der Waals surface area contributed by atoms with Gasteiger partial charge in [0.2, 0.25) is 0 Å². The van der Waals surface area contributed by atoms with Crippen molar-refractivity contribution in [2.24, 2.45) is 5.10 Å². The van der Waals surface area contributed by atoms with Crippen LogP contribution < -0.4 is 11.2 Å². The van der Waals surface area contributed by atoms with Gasteiger partial charge in [0.1, 0.15) is 0 Å². The van der Waals surface area contributed by atoms with E-state index in [1.165, 1.54) is 0 Å². The zero-order valence-electron chi connectivity index (χ0n) is 11.2. The first-order valence-corrected chi connectivity index (χ1v) is 6.88. The van der Waals surface area contributed by atoms with Crippen LogP contribution in [0.5, 0.6) is 0 Å². The molecule has 0 spiro atoms. The van der Waals surface area contributed by atoms with Crippen LogP contribution in [0.1, 0.15) is 22.8 Å². The highest BCUT2D eigenvalue weighted by atomic mass is 35.5. The number of nitrogens with two attached hydrogens (primary N) is 1. The molecule has 0 saturated heterocycles. The Balaban J connectivity index is 2.14. The second-order valence-corrected chi connectivity index (χ2v) is 5.23. The van der Waals surface area contributed by atoms with Crippen LogP contribution in [0.15, 0.2) is 47.6 Å². The summed E-state index contributed by atoms with van der Waals surface area (Å²) in [5.74, 6) is -0.326. The zero-order chi connectivity index (χ0) is 15.4. The van der Waals surface area contributed by atoms with Gasteiger partial charge in [-0.2, -0.15) is 5.10 Å². The number of carbonyl (C=O) groups excluding carboxylic acids is 1. The van der Waals surface area contributed by atoms with E-state index in [0.717, 1.165) is 0 Å². The SMILES string of the molecule is C/C(=N/NC(=O)c1ccc(N)cc1)c1cc(Cl)ccc1Cl. The standard InChI is InChI=1S/C15H13Cl2N3O/c1-9(13-8-11(16)4-7-14(13)17)19-20-15(21)10-2-5-12(18)6-3-10/h2-8H,18H2,1H3,(H,20,21)/b19-9-. The van der Waals surface area contributed by atoms with Gasteiger partial charge >= 0.3 is 0 Å². The average molecular weight is 322 g/mol. The van der Waals surface area contributed by atoms with Gasteiger partial charge in [0.25, 0.3) is 5.91 Å². The molecule has 0 unspecified atom stereocenters. The highest BCUT2D eigenvalue weighted by Gasteiger charge is 2.07. The van der Waals surface area contributed by atoms with E-state index in [4.69, 9.17) is 28.9 Å². The van der Waals surface area contributed by atoms with Crippen molar-refractivity contribution in [3.8, 4) is 0 Å². The molecule has 0 saturated carbocycles. The van der Waals surface area contributed by atoms with Crippen LogP contribution in [0.25, 0.3) is 0 Å². The molecule has 2 aromatic carbocycles. The number of carbonyl (C=O) groups is 1. The van der Waals surface area contributed by atoms with E-state index in [1.807, 2.05) is 0 Å². The summed E-state index contributed by atoms with van der Waals surface area (Å²) in [4.78, 5) is 11.9. The van der Waals surface area contributed by atoms with Crippen LogP contribution in [0.4, 0.5) is 5.69 Å². The molecule has 0 aliphatic rings. The number of nitrogens with zero attached hydrogens (tertiary/aromatic N) is 1. The van der Waals surface area contributed by atoms with E-state index in [-0.39, 0.29) is 5.91 Å². The van der Waals surface area contributed by atoms with Gasteiger partial charge in [-0.3, -0.25) is 4.79 Å². The van der Waals surface area contributed by atoms with E-state index < -0.39 is 0 Å². The van der Waals surface area contributed by atoms with Crippen molar-refractivity contribution in [1.29, 1.82) is 0 Å². The van der Waals surface area contributed by atoms with E-state index >= 15 is 0 Å². The molecule has 0 heterocycles. The fourth-order valence-corrected chi connectivity index (χ4v) is 2.10. The van der Waals surface area contributed by atoms with Gasteiger partial charge in [-0.15, -0.1) is 0 Å². The van der Waals surface area contributed by atoms with Gasteiger partial charge < -0.3 is 5.73 Å². The van der Waals surface area contributed by atoms with E-state index in [1.54, 1.807) is 49.4 Å². The lowest BCUT2D eigenvalue weighted by Gasteiger charge is -2.05. The van der Waals surface area contributed by atoms with E-state index in [0.29, 0.717) is 32.6 Å². The molecule has 21 heavy (non-hydrogen) atoms. The molecule has 0 aromatic heterocycles. The Hall–Kier alpha value is -2.04. The minimum Gasteiger partial charge on any atom is -0.399 e. The molecule has 0 fully saturated rings. The fourth-order valence-electron chi connectivity index (χ4n) is 1.67. The Morgan fingerprint density at radius 1 is 1.14 bits per heavy atom. The lowest BCUT2D eigenvalue weighted by molar-refractivity contribution is 0.0955. The Morgan fingerprint density at radius 3 is 2.48 bits per heavy atom. The summed E-state index contributed by atoms with van der Waals surface area (Å²) in [5.41, 5.74) is 10.3. The third kappa shape index (κ3) is 3.97. The normalized spacial score (nSPS) is 11.3. The maximum absolute atomic E-state index is 11.9. The molecule has 0 bridgehead atoms. The van der Waals surface area contributed by atoms with Crippen molar-refractivity contribution in [3.05, 3.63) is 63.6 Å². The highest BCUT2D eigenvalue weighted by Crippen LogP contribution is 2.21. The van der Waals surface area contributed by atoms with Gasteiger partial charge in [-0.25, -0.2) is 5.43 Å². The third-order valence-electron chi connectivity index (χ3n) is 2.82. The maximum atomic E-state index is 11.9. The van der Waals surface area contributed by atoms with Crippen LogP contribution in [0.3, 0.4) is 0 Å². The molecule has 0 atom stereocenters. The van der Waals surface area contributed by atoms with Gasteiger partial charge in [0.05, 0.1) is 5.71 Å². The molecular formula is C15H13Cl2N3O. The van der Waals surface area contributed by atoms with Crippen LogP contribution >= 0.6 is 23.2 Å². The van der Waals surface area contributed by atoms with Crippen LogP contribution in [-0.4, -0.2) is 11.6 Å². The molecule has 0 radical (unpaired) electrons. The summed E-state index contributed by atoms with van der Waals surface area (Å²) >= 11 is 12.0. The molecule has 2 rings (SSSR count). The summed E-state index contributed by atoms with van der Waals surface area (Å²) in [6.07, 6.45) is 0. The molecular weight excluding hydrogens is 309 g/mol. The summed E-state index contributed by atoms with van der Waals surface area (Å²) in [5, 5.41) is 5.10. The Bertz CT molecular complexity index is 697. The number of anilines is 1. The van der Waals surface area contributed by atoms with Gasteiger partial charge in [-0.1, -0.05) is 23.2 Å². The number of rotatable bonds is 3. The van der Waals surface area contributed by atoms with Crippen molar-refractivity contribution in [3.63, 3.8) is 0 Å². The number of hydrogen-bond acceptors (Lipinski definition) is 3. The second-order valence-electron chi connectivity index (χ2n) is 4.38. The molecule has 1 amide bonds. The van der Waals surface area contributed by atoms with Gasteiger partial charge in [0, 0.05) is 26.9 Å². The monoisotopic (exact) mass is 321 g/mol. The first-order chi connectivity index (χ1) is 9.97. The zero-order valence-corrected chi connectivity index (χ0v) is 12.7. The number of hydrazone groups is 1. The number of hydrogen-bond donors (Lipinski definition) is 2. The predicted octanol–water partition coefficient (Wildman–Crippen LogP) is 3.73. The first-order valence-electron chi connectivity index (χ1n) is 6.13. The van der Waals surface area contributed by atoms with Crippen molar-refractivity contribution >= 4 is 40.5 Å². The lowest BCUT2D eigenvalue weighted by Crippen LogP contribution is -2.19. The maximum Gasteiger partial charge on any atom is 0.271 e. The molecule has 2 aromatic rings. The van der Waals surface area contributed by atoms with Crippen molar-refractivity contribution in [1.82, 2.24) is 5.43 Å². The van der Waals surface area contributed by atoms with Gasteiger partial charge in [-0.05, 0) is 49.4 Å². The highest BCUT2D eigenvalue weighted by molar-refractivity contribution is 6.36. The number of halogens is 2. The fraction of sp³-hybridized carbons (Fsp3) is 0.0667. The Kier molecular flexibility index (Phi) is 4.83. The molecule has 108 valence electrons. The number of nitrogens with one attached hydrogen (secondary N) is 1. The molecule has 0 aliphatic heterocycles. The minimum absolute atomic E-state index is 0.326. The number of nitrogen functional groups attached to an aromatic ring is 1. The quantitative estimate of drug-likeness (QED) is 0.514. The van der Waals surface area contributed by atoms with E-state index in [9.17, 15) is 4.79 Å². The molecule has 3 N–H and O–H groups in total. The predicted molar refractivity (Wildman–Crippen MR) is 87.0 cm³/mol. The largest absolute Gasteiger partial charge is 0.399 e. The lowest BCUT2D eigenvalue weighted by atomic mass is 10.1. The topological polar surface area (TPSA) is 67.5 Å². The molecule has 6 heteroatoms. The summed E-state index contributed by atoms with van der Waals surface area (Å²) in [6, 6.07) is 11.6. The van der Waals surface area contributed by atoms with Crippen LogP contribution in [-0.2, 0) is 0 Å². The first kappa shape index (κ1) is 15.4. The molecule has 4 nitrogen and oxygen atoms in total. The van der Waals surface area contributed by atoms with E-state index in [2.05, 4.69) is 10.5 Å². The van der Waals surface area contributed by atoms with Crippen LogP contribution in [0.2, 0.25) is 10.0 Å². The third-order valence-corrected chi connectivity index (χ3v) is 3.38. The summed E-state index contributed by atoms with van der Waals surface area (Å²) in [7, 11) is 0. The second kappa shape index (κ2) is 6.61. The van der Waals surface area contributed by atoms with Crippen LogP contribution in [0, 0.1) is 0 Å². The number of benzene rings is 2. The van der Waals surface area contributed by atoms with Crippen molar-refractivity contribution < 1.29 is 4.79 Å². The van der Waals surface area contributed by atoms with Crippen molar-refractivity contribution in [2.45, 2.75) is 6.92 Å². The minimum atomic E-state index is -0.326. The molecule has 0 aliphatic carbocycles. The Morgan fingerprint density at radius 2 is 1.81 bits per heavy atom. The summed E-state index contributed by atoms with van der Waals surface area (Å²) in [6.45, 7) is 1.74. The average Bonchev–Trinajstić information content (AvgIpc) is 2.47. The van der Waals surface area contributed by atoms with Gasteiger partial charge in [0.15, 0.2) is 0 Å². The van der Waals surface area contributed by atoms with Crippen molar-refractivity contribution in [2.75, 3.05) is 5.73 Å². The Labute approximate surface area is 132 Å². The smallest absolute Gasteiger partial charge is 0.271 e. The number of amides is 1.